The Hall–Kier alpha value is -4.53. The Morgan fingerprint density at radius 1 is 0.915 bits per heavy atom. The maximum absolute atomic E-state index is 13.1. The number of hydrogen-bond donors (Lipinski definition) is 3. The summed E-state index contributed by atoms with van der Waals surface area (Å²) >= 11 is 14.3. The molecule has 47 heavy (non-hydrogen) atoms. The van der Waals surface area contributed by atoms with Gasteiger partial charge in [0.2, 0.25) is 18.2 Å². The molecule has 0 bridgehead atoms. The van der Waals surface area contributed by atoms with Gasteiger partial charge in [-0.05, 0) is 48.2 Å². The summed E-state index contributed by atoms with van der Waals surface area (Å²) in [5, 5.41) is 11.0. The highest BCUT2D eigenvalue weighted by molar-refractivity contribution is 6.39. The van der Waals surface area contributed by atoms with Gasteiger partial charge in [0.1, 0.15) is 0 Å². The fraction of sp³-hybridized carbons (Fsp3) is 0.270. The molecule has 0 unspecified atom stereocenters. The van der Waals surface area contributed by atoms with Gasteiger partial charge in [-0.1, -0.05) is 78.7 Å². The lowest BCUT2D eigenvalue weighted by Crippen LogP contribution is -2.41. The molecular weight excluding hydrogens is 633 g/mol. The molecule has 1 fully saturated rings. The summed E-state index contributed by atoms with van der Waals surface area (Å²) < 4.78 is 0. The van der Waals surface area contributed by atoms with Crippen molar-refractivity contribution in [1.29, 1.82) is 0 Å². The first-order chi connectivity index (χ1) is 22.8. The summed E-state index contributed by atoms with van der Waals surface area (Å²) in [5.74, 6) is 0.0542. The first-order valence-corrected chi connectivity index (χ1v) is 16.7. The second-order valence-corrected chi connectivity index (χ2v) is 12.7. The zero-order chi connectivity index (χ0) is 33.1. The van der Waals surface area contributed by atoms with E-state index in [1.165, 1.54) is 0 Å². The summed E-state index contributed by atoms with van der Waals surface area (Å²) in [6.07, 6.45) is 3.30. The van der Waals surface area contributed by atoms with Gasteiger partial charge in [0, 0.05) is 67.8 Å². The van der Waals surface area contributed by atoms with Gasteiger partial charge >= 0.3 is 0 Å². The van der Waals surface area contributed by atoms with Crippen LogP contribution < -0.4 is 25.8 Å². The van der Waals surface area contributed by atoms with Crippen molar-refractivity contribution in [3.05, 3.63) is 82.8 Å². The topological polar surface area (TPSA) is 93.8 Å². The van der Waals surface area contributed by atoms with Crippen LogP contribution in [-0.4, -0.2) is 50.9 Å². The summed E-state index contributed by atoms with van der Waals surface area (Å²) in [4.78, 5) is 39.7. The van der Waals surface area contributed by atoms with E-state index in [2.05, 4.69) is 22.9 Å². The molecule has 4 aromatic rings. The number of fused-ring (bicyclic) bond motifs is 1. The van der Waals surface area contributed by atoms with Gasteiger partial charge in [0.15, 0.2) is 0 Å². The van der Waals surface area contributed by atoms with E-state index < -0.39 is 0 Å². The van der Waals surface area contributed by atoms with Crippen molar-refractivity contribution >= 4 is 64.2 Å². The van der Waals surface area contributed by atoms with Crippen molar-refractivity contribution in [3.8, 4) is 33.4 Å². The number of benzene rings is 4. The van der Waals surface area contributed by atoms with Crippen LogP contribution in [0, 0.1) is 0 Å². The molecule has 2 aliphatic heterocycles. The van der Waals surface area contributed by atoms with E-state index in [0.717, 1.165) is 81.9 Å². The highest BCUT2D eigenvalue weighted by Gasteiger charge is 2.29. The molecule has 8 nitrogen and oxygen atoms in total. The Labute approximate surface area is 285 Å². The maximum atomic E-state index is 13.1. The highest BCUT2D eigenvalue weighted by atomic mass is 35.5. The zero-order valence-corrected chi connectivity index (χ0v) is 27.9. The molecule has 4 aromatic carbocycles. The number of rotatable bonds is 10. The SMILES string of the molecule is CCCNc1cc(-c2cccc(-c3cccc(-c4ccc5c(c4)NCCC(=O)N5C[C@@H]4CCC(=O)N4)c3Cl)c2Cl)ccc1N(C)C=O. The number of carbonyl (C=O) groups is 3. The van der Waals surface area contributed by atoms with E-state index in [0.29, 0.717) is 36.0 Å². The van der Waals surface area contributed by atoms with Crippen LogP contribution in [0.25, 0.3) is 33.4 Å². The quantitative estimate of drug-likeness (QED) is 0.150. The summed E-state index contributed by atoms with van der Waals surface area (Å²) in [5.41, 5.74) is 8.38. The molecule has 242 valence electrons. The van der Waals surface area contributed by atoms with Gasteiger partial charge in [-0.25, -0.2) is 0 Å². The van der Waals surface area contributed by atoms with Crippen LogP contribution in [-0.2, 0) is 14.4 Å². The van der Waals surface area contributed by atoms with E-state index in [1.807, 2.05) is 72.8 Å². The molecule has 6 rings (SSSR count). The molecule has 2 heterocycles. The van der Waals surface area contributed by atoms with Gasteiger partial charge in [0.25, 0.3) is 0 Å². The third kappa shape index (κ3) is 6.66. The van der Waals surface area contributed by atoms with Gasteiger partial charge in [0.05, 0.1) is 32.8 Å². The average molecular weight is 671 g/mol. The lowest BCUT2D eigenvalue weighted by molar-refractivity contribution is -0.120. The van der Waals surface area contributed by atoms with Crippen molar-refractivity contribution in [2.75, 3.05) is 47.1 Å². The van der Waals surface area contributed by atoms with Gasteiger partial charge in [-0.2, -0.15) is 0 Å². The largest absolute Gasteiger partial charge is 0.383 e. The van der Waals surface area contributed by atoms with Crippen LogP contribution in [0.2, 0.25) is 10.0 Å². The Bertz CT molecular complexity index is 1850. The van der Waals surface area contributed by atoms with Crippen molar-refractivity contribution in [2.45, 2.75) is 38.6 Å². The van der Waals surface area contributed by atoms with Gasteiger partial charge in [-0.3, -0.25) is 14.4 Å². The van der Waals surface area contributed by atoms with E-state index in [4.69, 9.17) is 23.2 Å². The standard InChI is InChI=1S/C37H37Cl2N5O3/c1-3-17-40-30-19-23(10-13-32(30)43(2)22-45)26-6-4-8-28(36(26)38)29-9-5-7-27(37(29)39)24-11-14-33-31(20-24)41-18-16-35(47)44(33)21-25-12-15-34(46)42-25/h4-11,13-14,19-20,22,25,40-41H,3,12,15-18,21H2,1-2H3,(H,42,46)/t25-/m0/s1. The Balaban J connectivity index is 1.35. The fourth-order valence-corrected chi connectivity index (χ4v) is 6.96. The third-order valence-electron chi connectivity index (χ3n) is 8.74. The van der Waals surface area contributed by atoms with E-state index in [-0.39, 0.29) is 17.9 Å². The summed E-state index contributed by atoms with van der Waals surface area (Å²) in [7, 11) is 1.73. The first-order valence-electron chi connectivity index (χ1n) is 15.9. The Kier molecular flexibility index (Phi) is 9.71. The molecule has 3 amide bonds. The number of anilines is 4. The number of halogens is 2. The summed E-state index contributed by atoms with van der Waals surface area (Å²) in [6, 6.07) is 23.6. The second kappa shape index (κ2) is 14.1. The Morgan fingerprint density at radius 3 is 2.21 bits per heavy atom. The minimum absolute atomic E-state index is 0.0263. The van der Waals surface area contributed by atoms with E-state index in [1.54, 1.807) is 16.8 Å². The summed E-state index contributed by atoms with van der Waals surface area (Å²) in [6.45, 7) is 3.82. The smallest absolute Gasteiger partial charge is 0.228 e. The van der Waals surface area contributed by atoms with E-state index in [9.17, 15) is 14.4 Å². The van der Waals surface area contributed by atoms with Crippen LogP contribution in [0.3, 0.4) is 0 Å². The van der Waals surface area contributed by atoms with Crippen LogP contribution in [0.4, 0.5) is 22.7 Å². The third-order valence-corrected chi connectivity index (χ3v) is 9.55. The molecule has 0 radical (unpaired) electrons. The molecular formula is C37H37Cl2N5O3. The van der Waals surface area contributed by atoms with Crippen molar-refractivity contribution in [1.82, 2.24) is 5.32 Å². The minimum atomic E-state index is -0.0569. The molecule has 0 spiro atoms. The van der Waals surface area contributed by atoms with Crippen molar-refractivity contribution < 1.29 is 14.4 Å². The number of nitrogens with one attached hydrogen (secondary N) is 3. The molecule has 1 atom stereocenters. The number of amides is 3. The molecule has 0 aromatic heterocycles. The zero-order valence-electron chi connectivity index (χ0n) is 26.4. The van der Waals surface area contributed by atoms with Gasteiger partial charge < -0.3 is 25.8 Å². The van der Waals surface area contributed by atoms with Gasteiger partial charge in [-0.15, -0.1) is 0 Å². The van der Waals surface area contributed by atoms with Crippen LogP contribution in [0.15, 0.2) is 72.8 Å². The van der Waals surface area contributed by atoms with E-state index >= 15 is 0 Å². The highest BCUT2D eigenvalue weighted by Crippen LogP contribution is 2.44. The molecule has 0 saturated carbocycles. The second-order valence-electron chi connectivity index (χ2n) is 11.9. The first kappa shape index (κ1) is 32.4. The van der Waals surface area contributed by atoms with Crippen LogP contribution in [0.1, 0.15) is 32.6 Å². The molecule has 3 N–H and O–H groups in total. The molecule has 10 heteroatoms. The molecule has 0 aliphatic carbocycles. The fourth-order valence-electron chi connectivity index (χ4n) is 6.28. The Morgan fingerprint density at radius 2 is 1.57 bits per heavy atom. The lowest BCUT2D eigenvalue weighted by Gasteiger charge is -2.26. The number of nitrogens with zero attached hydrogens (tertiary/aromatic N) is 2. The lowest BCUT2D eigenvalue weighted by atomic mass is 9.95. The van der Waals surface area contributed by atoms with Crippen LogP contribution >= 0.6 is 23.2 Å². The maximum Gasteiger partial charge on any atom is 0.228 e. The normalized spacial score (nSPS) is 15.8. The van der Waals surface area contributed by atoms with Crippen molar-refractivity contribution in [2.24, 2.45) is 0 Å². The average Bonchev–Trinajstić information content (AvgIpc) is 3.43. The predicted octanol–water partition coefficient (Wildman–Crippen LogP) is 7.84. The monoisotopic (exact) mass is 669 g/mol. The van der Waals surface area contributed by atoms with Crippen molar-refractivity contribution in [3.63, 3.8) is 0 Å². The number of carbonyl (C=O) groups excluding carboxylic acids is 3. The number of hydrogen-bond acceptors (Lipinski definition) is 5. The minimum Gasteiger partial charge on any atom is -0.383 e. The van der Waals surface area contributed by atoms with Crippen LogP contribution in [0.5, 0.6) is 0 Å². The molecule has 1 saturated heterocycles. The molecule has 2 aliphatic rings. The predicted molar refractivity (Wildman–Crippen MR) is 193 cm³/mol.